The molecular weight excluding hydrogens is 280 g/mol. The van der Waals surface area contributed by atoms with Crippen LogP contribution in [-0.4, -0.2) is 17.7 Å². The molecule has 0 spiro atoms. The van der Waals surface area contributed by atoms with E-state index in [2.05, 4.69) is 0 Å². The minimum absolute atomic E-state index is 0.0953. The standard InChI is InChI=1S/C15H13F2NO3/c16-11-7-10(1-2-13(19)20)8-12(17)14(11)21-9-15(3-4-15)5-6-18/h1-2,7-8H,3-5,9H2,(H,19,20). The molecule has 2 rings (SSSR count). The molecule has 0 unspecified atom stereocenters. The third-order valence-corrected chi connectivity index (χ3v) is 3.37. The smallest absolute Gasteiger partial charge is 0.328 e. The Morgan fingerprint density at radius 3 is 2.52 bits per heavy atom. The molecule has 1 aromatic carbocycles. The monoisotopic (exact) mass is 293 g/mol. The van der Waals surface area contributed by atoms with Crippen molar-refractivity contribution in [2.45, 2.75) is 19.3 Å². The van der Waals surface area contributed by atoms with Crippen LogP contribution in [0.1, 0.15) is 24.8 Å². The van der Waals surface area contributed by atoms with Crippen molar-refractivity contribution in [2.75, 3.05) is 6.61 Å². The highest BCUT2D eigenvalue weighted by Gasteiger charge is 2.43. The fourth-order valence-corrected chi connectivity index (χ4v) is 1.92. The lowest BCUT2D eigenvalue weighted by Gasteiger charge is -2.14. The van der Waals surface area contributed by atoms with Gasteiger partial charge in [0, 0.05) is 17.9 Å². The summed E-state index contributed by atoms with van der Waals surface area (Å²) in [5.41, 5.74) is -0.187. The predicted octanol–water partition coefficient (Wildman–Crippen LogP) is 3.14. The Morgan fingerprint density at radius 1 is 1.43 bits per heavy atom. The molecule has 0 atom stereocenters. The summed E-state index contributed by atoms with van der Waals surface area (Å²) in [4.78, 5) is 10.4. The highest BCUT2D eigenvalue weighted by molar-refractivity contribution is 5.85. The molecule has 1 aliphatic carbocycles. The van der Waals surface area contributed by atoms with Gasteiger partial charge in [0.05, 0.1) is 12.7 Å². The molecule has 1 aliphatic rings. The molecule has 110 valence electrons. The third-order valence-electron chi connectivity index (χ3n) is 3.37. The van der Waals surface area contributed by atoms with Gasteiger partial charge in [-0.3, -0.25) is 0 Å². The zero-order valence-corrected chi connectivity index (χ0v) is 11.1. The van der Waals surface area contributed by atoms with Crippen molar-refractivity contribution in [3.05, 3.63) is 35.4 Å². The molecule has 1 aromatic rings. The zero-order chi connectivity index (χ0) is 15.5. The number of halogens is 2. The Labute approximate surface area is 120 Å². The first-order valence-corrected chi connectivity index (χ1v) is 6.36. The van der Waals surface area contributed by atoms with Gasteiger partial charge in [-0.25, -0.2) is 13.6 Å². The second kappa shape index (κ2) is 5.92. The van der Waals surface area contributed by atoms with Crippen molar-refractivity contribution < 1.29 is 23.4 Å². The van der Waals surface area contributed by atoms with Crippen molar-refractivity contribution in [3.8, 4) is 11.8 Å². The molecule has 1 fully saturated rings. The molecule has 0 aromatic heterocycles. The number of hydrogen-bond acceptors (Lipinski definition) is 3. The number of carboxylic acids is 1. The van der Waals surface area contributed by atoms with Crippen molar-refractivity contribution in [2.24, 2.45) is 5.41 Å². The maximum atomic E-state index is 13.8. The van der Waals surface area contributed by atoms with Crippen LogP contribution in [0, 0.1) is 28.4 Å². The van der Waals surface area contributed by atoms with Crippen LogP contribution < -0.4 is 4.74 Å². The minimum Gasteiger partial charge on any atom is -0.487 e. The molecule has 0 aliphatic heterocycles. The average molecular weight is 293 g/mol. The maximum absolute atomic E-state index is 13.8. The van der Waals surface area contributed by atoms with E-state index in [1.807, 2.05) is 6.07 Å². The lowest BCUT2D eigenvalue weighted by Crippen LogP contribution is -2.14. The number of aliphatic carboxylic acids is 1. The van der Waals surface area contributed by atoms with Crippen LogP contribution in [0.5, 0.6) is 5.75 Å². The number of carbonyl (C=O) groups is 1. The van der Waals surface area contributed by atoms with Gasteiger partial charge in [0.25, 0.3) is 0 Å². The fourth-order valence-electron chi connectivity index (χ4n) is 1.92. The Morgan fingerprint density at radius 2 is 2.05 bits per heavy atom. The van der Waals surface area contributed by atoms with Crippen molar-refractivity contribution >= 4 is 12.0 Å². The molecule has 0 saturated heterocycles. The van der Waals surface area contributed by atoms with Crippen LogP contribution in [0.15, 0.2) is 18.2 Å². The second-order valence-electron chi connectivity index (χ2n) is 5.11. The predicted molar refractivity (Wildman–Crippen MR) is 70.4 cm³/mol. The summed E-state index contributed by atoms with van der Waals surface area (Å²) in [7, 11) is 0. The number of benzene rings is 1. The van der Waals surface area contributed by atoms with Crippen LogP contribution in [0.4, 0.5) is 8.78 Å². The Hall–Kier alpha value is -2.42. The third kappa shape index (κ3) is 3.78. The van der Waals surface area contributed by atoms with Gasteiger partial charge in [-0.05, 0) is 36.6 Å². The van der Waals surface area contributed by atoms with Gasteiger partial charge in [0.15, 0.2) is 17.4 Å². The van der Waals surface area contributed by atoms with E-state index in [0.717, 1.165) is 37.1 Å². The van der Waals surface area contributed by atoms with Crippen molar-refractivity contribution in [1.82, 2.24) is 0 Å². The molecule has 0 radical (unpaired) electrons. The van der Waals surface area contributed by atoms with Crippen LogP contribution in [0.25, 0.3) is 6.08 Å². The van der Waals surface area contributed by atoms with Gasteiger partial charge in [0.2, 0.25) is 0 Å². The van der Waals surface area contributed by atoms with Gasteiger partial charge in [-0.15, -0.1) is 0 Å². The highest BCUT2D eigenvalue weighted by atomic mass is 19.1. The largest absolute Gasteiger partial charge is 0.487 e. The van der Waals surface area contributed by atoms with E-state index >= 15 is 0 Å². The van der Waals surface area contributed by atoms with Gasteiger partial charge in [0.1, 0.15) is 0 Å². The Bertz CT molecular complexity index is 607. The molecule has 21 heavy (non-hydrogen) atoms. The Kier molecular flexibility index (Phi) is 4.22. The summed E-state index contributed by atoms with van der Waals surface area (Å²) < 4.78 is 32.8. The lowest BCUT2D eigenvalue weighted by atomic mass is 10.1. The molecule has 0 bridgehead atoms. The molecule has 4 nitrogen and oxygen atoms in total. The van der Waals surface area contributed by atoms with Gasteiger partial charge in [-0.1, -0.05) is 0 Å². The van der Waals surface area contributed by atoms with Gasteiger partial charge < -0.3 is 9.84 Å². The SMILES string of the molecule is N#CCC1(COc2c(F)cc(C=CC(=O)O)cc2F)CC1. The zero-order valence-electron chi connectivity index (χ0n) is 11.1. The maximum Gasteiger partial charge on any atom is 0.328 e. The summed E-state index contributed by atoms with van der Waals surface area (Å²) >= 11 is 0. The molecule has 0 heterocycles. The quantitative estimate of drug-likeness (QED) is 0.818. The topological polar surface area (TPSA) is 70.3 Å². The average Bonchev–Trinajstić information content (AvgIpc) is 3.16. The highest BCUT2D eigenvalue weighted by Crippen LogP contribution is 2.48. The lowest BCUT2D eigenvalue weighted by molar-refractivity contribution is -0.131. The van der Waals surface area contributed by atoms with E-state index in [4.69, 9.17) is 15.1 Å². The number of ether oxygens (including phenoxy) is 1. The van der Waals surface area contributed by atoms with Gasteiger partial charge in [-0.2, -0.15) is 5.26 Å². The van der Waals surface area contributed by atoms with E-state index in [-0.39, 0.29) is 17.6 Å². The van der Waals surface area contributed by atoms with E-state index in [9.17, 15) is 13.6 Å². The molecule has 1 saturated carbocycles. The fraction of sp³-hybridized carbons (Fsp3) is 0.333. The summed E-state index contributed by atoms with van der Waals surface area (Å²) in [5, 5.41) is 17.2. The van der Waals surface area contributed by atoms with Crippen LogP contribution >= 0.6 is 0 Å². The van der Waals surface area contributed by atoms with Crippen molar-refractivity contribution in [3.63, 3.8) is 0 Å². The van der Waals surface area contributed by atoms with E-state index < -0.39 is 23.4 Å². The van der Waals surface area contributed by atoms with E-state index in [1.54, 1.807) is 0 Å². The second-order valence-corrected chi connectivity index (χ2v) is 5.11. The van der Waals surface area contributed by atoms with Crippen molar-refractivity contribution in [1.29, 1.82) is 5.26 Å². The van der Waals surface area contributed by atoms with Crippen LogP contribution in [0.3, 0.4) is 0 Å². The number of carboxylic acid groups (broad SMARTS) is 1. The summed E-state index contributed by atoms with van der Waals surface area (Å²) in [6.07, 6.45) is 3.80. The summed E-state index contributed by atoms with van der Waals surface area (Å²) in [6.45, 7) is 0.0959. The molecule has 6 heteroatoms. The number of rotatable bonds is 6. The Balaban J connectivity index is 2.11. The molecule has 0 amide bonds. The summed E-state index contributed by atoms with van der Waals surface area (Å²) in [6, 6.07) is 4.04. The number of nitriles is 1. The van der Waals surface area contributed by atoms with E-state index in [0.29, 0.717) is 6.42 Å². The molecule has 1 N–H and O–H groups in total. The summed E-state index contributed by atoms with van der Waals surface area (Å²) in [5.74, 6) is -3.49. The van der Waals surface area contributed by atoms with E-state index in [1.165, 1.54) is 0 Å². The first kappa shape index (κ1) is 15.0. The first-order chi connectivity index (χ1) is 9.96. The van der Waals surface area contributed by atoms with Crippen LogP contribution in [0.2, 0.25) is 0 Å². The normalized spacial score (nSPS) is 15.7. The minimum atomic E-state index is -1.21. The number of hydrogen-bond donors (Lipinski definition) is 1. The first-order valence-electron chi connectivity index (χ1n) is 6.36. The van der Waals surface area contributed by atoms with Crippen LogP contribution in [-0.2, 0) is 4.79 Å². The van der Waals surface area contributed by atoms with Gasteiger partial charge >= 0.3 is 5.97 Å². The molecular formula is C15H13F2NO3. The number of nitrogens with zero attached hydrogens (tertiary/aromatic N) is 1.